The van der Waals surface area contributed by atoms with Crippen molar-refractivity contribution >= 4 is 11.9 Å². The first-order valence-electron chi connectivity index (χ1n) is 8.81. The summed E-state index contributed by atoms with van der Waals surface area (Å²) in [5.41, 5.74) is 0.903. The molecular formula is C21H27NO4. The number of nitrogens with zero attached hydrogens (tertiary/aromatic N) is 1. The normalized spacial score (nSPS) is 10.6. The Hall–Kier alpha value is -2.66. The quantitative estimate of drug-likeness (QED) is 0.773. The molecule has 26 heavy (non-hydrogen) atoms. The van der Waals surface area contributed by atoms with Gasteiger partial charge in [-0.3, -0.25) is 0 Å². The van der Waals surface area contributed by atoms with Crippen LogP contribution in [0.4, 0.5) is 0 Å². The van der Waals surface area contributed by atoms with Crippen molar-refractivity contribution in [3.63, 3.8) is 0 Å². The maximum Gasteiger partial charge on any atom is 0.336 e. The summed E-state index contributed by atoms with van der Waals surface area (Å²) in [7, 11) is 0. The van der Waals surface area contributed by atoms with Gasteiger partial charge in [0.1, 0.15) is 6.54 Å². The third-order valence-corrected chi connectivity index (χ3v) is 4.75. The molecule has 0 amide bonds. The molecule has 0 saturated heterocycles. The molecule has 0 atom stereocenters. The minimum atomic E-state index is -1.48. The molecule has 0 aliphatic carbocycles. The molecule has 0 spiro atoms. The summed E-state index contributed by atoms with van der Waals surface area (Å²) < 4.78 is 1.20. The average molecular weight is 357 g/mol. The fourth-order valence-electron chi connectivity index (χ4n) is 2.82. The van der Waals surface area contributed by atoms with Crippen LogP contribution in [0.25, 0.3) is 0 Å². The highest BCUT2D eigenvalue weighted by Crippen LogP contribution is 2.13. The summed E-state index contributed by atoms with van der Waals surface area (Å²) in [6, 6.07) is 16.1. The smallest absolute Gasteiger partial charge is 0.336 e. The van der Waals surface area contributed by atoms with Gasteiger partial charge in [-0.25, -0.2) is 4.79 Å². The summed E-state index contributed by atoms with van der Waals surface area (Å²) in [5.74, 6) is -2.75. The average Bonchev–Trinajstić information content (AvgIpc) is 2.67. The fourth-order valence-corrected chi connectivity index (χ4v) is 2.82. The Balaban J connectivity index is 0.000000263. The molecule has 5 nitrogen and oxygen atoms in total. The lowest BCUT2D eigenvalue weighted by molar-refractivity contribution is -0.936. The van der Waals surface area contributed by atoms with E-state index in [4.69, 9.17) is 5.11 Å². The maximum absolute atomic E-state index is 10.4. The summed E-state index contributed by atoms with van der Waals surface area (Å²) in [6.45, 7) is 11.7. The molecule has 0 radical (unpaired) electrons. The van der Waals surface area contributed by atoms with E-state index in [0.29, 0.717) is 0 Å². The summed E-state index contributed by atoms with van der Waals surface area (Å²) >= 11 is 0. The highest BCUT2D eigenvalue weighted by atomic mass is 16.4. The lowest BCUT2D eigenvalue weighted by Gasteiger charge is -2.35. The zero-order valence-corrected chi connectivity index (χ0v) is 15.6. The second kappa shape index (κ2) is 10.4. The zero-order valence-electron chi connectivity index (χ0n) is 15.6. The van der Waals surface area contributed by atoms with Crippen LogP contribution in [-0.2, 0) is 6.54 Å². The molecule has 5 heteroatoms. The van der Waals surface area contributed by atoms with Crippen LogP contribution >= 0.6 is 0 Å². The van der Waals surface area contributed by atoms with Gasteiger partial charge >= 0.3 is 5.97 Å². The number of hydrogen-bond donors (Lipinski definition) is 1. The molecule has 140 valence electrons. The molecule has 2 rings (SSSR count). The van der Waals surface area contributed by atoms with Crippen LogP contribution < -0.4 is 5.11 Å². The van der Waals surface area contributed by atoms with Gasteiger partial charge in [-0.1, -0.05) is 48.5 Å². The number of carboxylic acids is 2. The number of quaternary nitrogens is 1. The predicted molar refractivity (Wildman–Crippen MR) is 99.8 cm³/mol. The molecule has 0 aliphatic rings. The second-order valence-corrected chi connectivity index (χ2v) is 6.07. The van der Waals surface area contributed by atoms with E-state index in [2.05, 4.69) is 51.1 Å². The first-order chi connectivity index (χ1) is 12.4. The number of rotatable bonds is 7. The second-order valence-electron chi connectivity index (χ2n) is 6.07. The predicted octanol–water partition coefficient (Wildman–Crippen LogP) is 2.81. The molecule has 2 aromatic rings. The number of carboxylic acid groups (broad SMARTS) is 2. The highest BCUT2D eigenvalue weighted by molar-refractivity contribution is 6.00. The van der Waals surface area contributed by atoms with Gasteiger partial charge in [0.2, 0.25) is 0 Å². The summed E-state index contributed by atoms with van der Waals surface area (Å²) in [4.78, 5) is 20.8. The monoisotopic (exact) mass is 357 g/mol. The van der Waals surface area contributed by atoms with E-state index in [-0.39, 0.29) is 11.1 Å². The van der Waals surface area contributed by atoms with E-state index in [1.165, 1.54) is 60.5 Å². The van der Waals surface area contributed by atoms with Gasteiger partial charge < -0.3 is 19.5 Å². The third kappa shape index (κ3) is 6.01. The van der Waals surface area contributed by atoms with Crippen LogP contribution in [0.15, 0.2) is 54.6 Å². The lowest BCUT2D eigenvalue weighted by atomic mass is 10.1. The first-order valence-corrected chi connectivity index (χ1v) is 8.81. The van der Waals surface area contributed by atoms with Crippen molar-refractivity contribution in [2.24, 2.45) is 0 Å². The van der Waals surface area contributed by atoms with E-state index in [0.717, 1.165) is 0 Å². The van der Waals surface area contributed by atoms with Crippen molar-refractivity contribution in [3.8, 4) is 0 Å². The molecule has 2 aromatic carbocycles. The maximum atomic E-state index is 10.4. The lowest BCUT2D eigenvalue weighted by Crippen LogP contribution is -2.46. The van der Waals surface area contributed by atoms with Crippen LogP contribution in [-0.4, -0.2) is 41.2 Å². The Labute approximate surface area is 155 Å². The van der Waals surface area contributed by atoms with Crippen molar-refractivity contribution in [1.82, 2.24) is 0 Å². The SMILES string of the molecule is CC[N+](CC)(CC)Cc1ccccc1.O=C([O-])c1ccccc1C(=O)O. The van der Waals surface area contributed by atoms with Crippen molar-refractivity contribution < 1.29 is 24.3 Å². The van der Waals surface area contributed by atoms with Crippen molar-refractivity contribution in [1.29, 1.82) is 0 Å². The first kappa shape index (κ1) is 21.4. The molecule has 1 N–H and O–H groups in total. The van der Waals surface area contributed by atoms with E-state index in [9.17, 15) is 14.7 Å². The van der Waals surface area contributed by atoms with E-state index in [1.54, 1.807) is 0 Å². The largest absolute Gasteiger partial charge is 0.545 e. The number of aromatic carboxylic acids is 2. The van der Waals surface area contributed by atoms with Gasteiger partial charge in [-0.05, 0) is 26.8 Å². The number of benzene rings is 2. The topological polar surface area (TPSA) is 77.4 Å². The van der Waals surface area contributed by atoms with Crippen molar-refractivity contribution in [2.75, 3.05) is 19.6 Å². The Morgan fingerprint density at radius 3 is 1.69 bits per heavy atom. The van der Waals surface area contributed by atoms with Crippen LogP contribution in [0.1, 0.15) is 47.1 Å². The minimum absolute atomic E-state index is 0.252. The van der Waals surface area contributed by atoms with Gasteiger partial charge in [0.15, 0.2) is 0 Å². The Kier molecular flexibility index (Phi) is 8.52. The fraction of sp³-hybridized carbons (Fsp3) is 0.333. The van der Waals surface area contributed by atoms with Crippen LogP contribution in [0.3, 0.4) is 0 Å². The molecule has 0 aromatic heterocycles. The van der Waals surface area contributed by atoms with Gasteiger partial charge in [0.25, 0.3) is 0 Å². The Morgan fingerprint density at radius 2 is 1.31 bits per heavy atom. The van der Waals surface area contributed by atoms with Crippen molar-refractivity contribution in [3.05, 3.63) is 71.3 Å². The van der Waals surface area contributed by atoms with E-state index < -0.39 is 11.9 Å². The standard InChI is InChI=1S/C13H22N.C8H6O4/c1-4-14(5-2,6-3)12-13-10-8-7-9-11-13;9-7(10)5-3-1-2-4-6(5)8(11)12/h7-11H,4-6,12H2,1-3H3;1-4H,(H,9,10)(H,11,12)/q+1;/p-1. The summed E-state index contributed by atoms with van der Waals surface area (Å²) in [5, 5.41) is 18.9. The zero-order chi connectivity index (χ0) is 19.6. The Morgan fingerprint density at radius 1 is 0.846 bits per heavy atom. The molecule has 0 heterocycles. The molecule has 0 aliphatic heterocycles. The molecule has 0 saturated carbocycles. The van der Waals surface area contributed by atoms with E-state index >= 15 is 0 Å². The molecule has 0 unspecified atom stereocenters. The van der Waals surface area contributed by atoms with Crippen molar-refractivity contribution in [2.45, 2.75) is 27.3 Å². The number of hydrogen-bond acceptors (Lipinski definition) is 3. The van der Waals surface area contributed by atoms with Crippen LogP contribution in [0.5, 0.6) is 0 Å². The number of carbonyl (C=O) groups excluding carboxylic acids is 1. The van der Waals surface area contributed by atoms with Crippen LogP contribution in [0, 0.1) is 0 Å². The van der Waals surface area contributed by atoms with E-state index in [1.807, 2.05) is 0 Å². The van der Waals surface area contributed by atoms with Gasteiger partial charge in [-0.15, -0.1) is 0 Å². The van der Waals surface area contributed by atoms with Gasteiger partial charge in [-0.2, -0.15) is 0 Å². The minimum Gasteiger partial charge on any atom is -0.545 e. The Bertz CT molecular complexity index is 668. The van der Waals surface area contributed by atoms with Crippen LogP contribution in [0.2, 0.25) is 0 Å². The molecule has 0 bridgehead atoms. The highest BCUT2D eigenvalue weighted by Gasteiger charge is 2.20. The molecular weight excluding hydrogens is 330 g/mol. The molecule has 0 fully saturated rings. The van der Waals surface area contributed by atoms with Gasteiger partial charge in [0.05, 0.1) is 31.2 Å². The third-order valence-electron chi connectivity index (χ3n) is 4.75. The summed E-state index contributed by atoms with van der Waals surface area (Å²) in [6.07, 6.45) is 0. The van der Waals surface area contributed by atoms with Gasteiger partial charge in [0, 0.05) is 11.1 Å². The number of carbonyl (C=O) groups is 2.